The summed E-state index contributed by atoms with van der Waals surface area (Å²) in [7, 11) is 0. The lowest BCUT2D eigenvalue weighted by molar-refractivity contribution is -0.167. The highest BCUT2D eigenvalue weighted by atomic mass is 16.6. The molecule has 0 heterocycles. The molecule has 0 radical (unpaired) electrons. The minimum atomic E-state index is -0.760. The van der Waals surface area contributed by atoms with Crippen LogP contribution < -0.4 is 0 Å². The zero-order valence-corrected chi connectivity index (χ0v) is 41.6. The van der Waals surface area contributed by atoms with Crippen LogP contribution in [0.5, 0.6) is 0 Å². The van der Waals surface area contributed by atoms with Gasteiger partial charge in [-0.25, -0.2) is 0 Å². The third kappa shape index (κ3) is 49.3. The van der Waals surface area contributed by atoms with Gasteiger partial charge in [0.15, 0.2) is 6.10 Å². The summed E-state index contributed by atoms with van der Waals surface area (Å²) in [5.41, 5.74) is 0. The lowest BCUT2D eigenvalue weighted by Crippen LogP contribution is -2.30. The predicted octanol–water partition coefficient (Wildman–Crippen LogP) is 17.8. The van der Waals surface area contributed by atoms with E-state index in [2.05, 4.69) is 27.7 Å². The quantitative estimate of drug-likeness (QED) is 0.0344. The summed E-state index contributed by atoms with van der Waals surface area (Å²) in [6.45, 7) is 9.05. The van der Waals surface area contributed by atoms with Crippen molar-refractivity contribution < 1.29 is 28.6 Å². The van der Waals surface area contributed by atoms with Crippen LogP contribution >= 0.6 is 0 Å². The minimum Gasteiger partial charge on any atom is -0.462 e. The smallest absolute Gasteiger partial charge is 0.306 e. The first-order chi connectivity index (χ1) is 29.9. The van der Waals surface area contributed by atoms with E-state index >= 15 is 0 Å². The molecule has 0 spiro atoms. The average Bonchev–Trinajstić information content (AvgIpc) is 3.24. The largest absolute Gasteiger partial charge is 0.462 e. The molecule has 61 heavy (non-hydrogen) atoms. The highest BCUT2D eigenvalue weighted by Crippen LogP contribution is 2.17. The van der Waals surface area contributed by atoms with E-state index in [0.717, 1.165) is 63.7 Å². The summed E-state index contributed by atoms with van der Waals surface area (Å²) in [5.74, 6) is 0.00918. The normalized spacial score (nSPS) is 12.0. The second-order valence-electron chi connectivity index (χ2n) is 19.3. The van der Waals surface area contributed by atoms with Crippen molar-refractivity contribution in [2.75, 3.05) is 13.2 Å². The molecule has 362 valence electrons. The van der Waals surface area contributed by atoms with Crippen LogP contribution in [-0.4, -0.2) is 37.2 Å². The van der Waals surface area contributed by atoms with Crippen LogP contribution in [0.2, 0.25) is 0 Å². The molecule has 0 N–H and O–H groups in total. The lowest BCUT2D eigenvalue weighted by atomic mass is 10.0. The molecular formula is C55H106O6. The number of esters is 3. The minimum absolute atomic E-state index is 0.0622. The summed E-state index contributed by atoms with van der Waals surface area (Å²) in [4.78, 5) is 38.0. The number of carbonyl (C=O) groups excluding carboxylic acids is 3. The molecule has 1 atom stereocenters. The molecular weight excluding hydrogens is 757 g/mol. The van der Waals surface area contributed by atoms with Gasteiger partial charge in [-0.15, -0.1) is 0 Å². The predicted molar refractivity (Wildman–Crippen MR) is 261 cm³/mol. The monoisotopic (exact) mass is 863 g/mol. The van der Waals surface area contributed by atoms with Crippen molar-refractivity contribution in [3.05, 3.63) is 0 Å². The van der Waals surface area contributed by atoms with Gasteiger partial charge in [0, 0.05) is 19.3 Å². The number of rotatable bonds is 50. The Hall–Kier alpha value is -1.59. The maximum absolute atomic E-state index is 12.8. The summed E-state index contributed by atoms with van der Waals surface area (Å²) < 4.78 is 16.8. The van der Waals surface area contributed by atoms with Gasteiger partial charge in [0.2, 0.25) is 0 Å². The van der Waals surface area contributed by atoms with Crippen molar-refractivity contribution in [2.24, 2.45) is 5.92 Å². The van der Waals surface area contributed by atoms with Gasteiger partial charge in [0.05, 0.1) is 0 Å². The molecule has 0 amide bonds. The second-order valence-corrected chi connectivity index (χ2v) is 19.3. The molecule has 6 nitrogen and oxygen atoms in total. The Balaban J connectivity index is 4.26. The van der Waals surface area contributed by atoms with Crippen molar-refractivity contribution in [2.45, 2.75) is 316 Å². The fourth-order valence-corrected chi connectivity index (χ4v) is 8.39. The van der Waals surface area contributed by atoms with Crippen LogP contribution in [-0.2, 0) is 28.6 Å². The number of unbranched alkanes of at least 4 members (excludes halogenated alkanes) is 37. The van der Waals surface area contributed by atoms with Crippen LogP contribution in [0.15, 0.2) is 0 Å². The van der Waals surface area contributed by atoms with Gasteiger partial charge in [-0.1, -0.05) is 272 Å². The molecule has 0 bridgehead atoms. The second kappa shape index (κ2) is 49.4. The first-order valence-corrected chi connectivity index (χ1v) is 27.4. The van der Waals surface area contributed by atoms with Crippen LogP contribution in [0.1, 0.15) is 310 Å². The van der Waals surface area contributed by atoms with Crippen molar-refractivity contribution in [3.63, 3.8) is 0 Å². The Morgan fingerprint density at radius 1 is 0.311 bits per heavy atom. The first-order valence-electron chi connectivity index (χ1n) is 27.4. The molecule has 0 aromatic heterocycles. The van der Waals surface area contributed by atoms with Crippen molar-refractivity contribution in [1.82, 2.24) is 0 Å². The summed E-state index contributed by atoms with van der Waals surface area (Å²) in [5, 5.41) is 0. The van der Waals surface area contributed by atoms with Gasteiger partial charge in [-0.2, -0.15) is 0 Å². The molecule has 0 rings (SSSR count). The highest BCUT2D eigenvalue weighted by molar-refractivity contribution is 5.71. The van der Waals surface area contributed by atoms with E-state index in [1.54, 1.807) is 0 Å². The van der Waals surface area contributed by atoms with E-state index in [1.807, 2.05) is 0 Å². The van der Waals surface area contributed by atoms with Gasteiger partial charge in [-0.3, -0.25) is 14.4 Å². The van der Waals surface area contributed by atoms with E-state index in [4.69, 9.17) is 14.2 Å². The Kier molecular flexibility index (Phi) is 48.1. The van der Waals surface area contributed by atoms with E-state index in [1.165, 1.54) is 205 Å². The number of hydrogen-bond donors (Lipinski definition) is 0. The van der Waals surface area contributed by atoms with Crippen LogP contribution in [0.3, 0.4) is 0 Å². The van der Waals surface area contributed by atoms with Crippen molar-refractivity contribution in [1.29, 1.82) is 0 Å². The molecule has 0 unspecified atom stereocenters. The lowest BCUT2D eigenvalue weighted by Gasteiger charge is -2.18. The molecule has 0 fully saturated rings. The van der Waals surface area contributed by atoms with E-state index in [-0.39, 0.29) is 31.1 Å². The number of hydrogen-bond acceptors (Lipinski definition) is 6. The van der Waals surface area contributed by atoms with Crippen molar-refractivity contribution >= 4 is 17.9 Å². The molecule has 0 aromatic rings. The van der Waals surface area contributed by atoms with Gasteiger partial charge >= 0.3 is 17.9 Å². The molecule has 0 aliphatic rings. The van der Waals surface area contributed by atoms with Gasteiger partial charge in [0.25, 0.3) is 0 Å². The van der Waals surface area contributed by atoms with Gasteiger partial charge in [0.1, 0.15) is 13.2 Å². The van der Waals surface area contributed by atoms with Crippen LogP contribution in [0.4, 0.5) is 0 Å². The average molecular weight is 863 g/mol. The fraction of sp³-hybridized carbons (Fsp3) is 0.945. The Morgan fingerprint density at radius 2 is 0.541 bits per heavy atom. The number of carbonyl (C=O) groups is 3. The fourth-order valence-electron chi connectivity index (χ4n) is 8.39. The molecule has 0 aliphatic carbocycles. The zero-order valence-electron chi connectivity index (χ0n) is 41.6. The Bertz CT molecular complexity index is 918. The maximum atomic E-state index is 12.8. The molecule has 0 aliphatic heterocycles. The van der Waals surface area contributed by atoms with E-state index in [0.29, 0.717) is 19.3 Å². The molecule has 6 heteroatoms. The maximum Gasteiger partial charge on any atom is 0.306 e. The standard InChI is InChI=1S/C55H106O6/c1-5-7-9-11-13-15-17-18-23-28-32-36-40-44-48-55(58)61-52(49-59-53(56)46-42-38-34-30-25-16-14-12-10-8-6-2)50-60-54(57)47-43-39-35-31-27-24-21-19-20-22-26-29-33-37-41-45-51(3)4/h51-52H,5-50H2,1-4H3/t52-/m1/s1. The molecule has 0 saturated carbocycles. The SMILES string of the molecule is CCCCCCCCCCCCCCCCC(=O)O[C@H](COC(=O)CCCCCCCCCCCCC)COC(=O)CCCCCCCCCCCCCCCCCC(C)C. The molecule has 0 aromatic carbocycles. The van der Waals surface area contributed by atoms with Crippen LogP contribution in [0.25, 0.3) is 0 Å². The third-order valence-electron chi connectivity index (χ3n) is 12.5. The zero-order chi connectivity index (χ0) is 44.5. The third-order valence-corrected chi connectivity index (χ3v) is 12.5. The first kappa shape index (κ1) is 59.4. The van der Waals surface area contributed by atoms with E-state index < -0.39 is 6.10 Å². The topological polar surface area (TPSA) is 78.9 Å². The van der Waals surface area contributed by atoms with Crippen LogP contribution in [0, 0.1) is 5.92 Å². The van der Waals surface area contributed by atoms with Crippen molar-refractivity contribution in [3.8, 4) is 0 Å². The van der Waals surface area contributed by atoms with E-state index in [9.17, 15) is 14.4 Å². The summed E-state index contributed by atoms with van der Waals surface area (Å²) in [6.07, 6.45) is 52.3. The van der Waals surface area contributed by atoms with Gasteiger partial charge < -0.3 is 14.2 Å². The summed E-state index contributed by atoms with van der Waals surface area (Å²) >= 11 is 0. The number of ether oxygens (including phenoxy) is 3. The highest BCUT2D eigenvalue weighted by Gasteiger charge is 2.19. The Labute approximate surface area is 380 Å². The molecule has 0 saturated heterocycles. The summed E-state index contributed by atoms with van der Waals surface area (Å²) in [6, 6.07) is 0. The van der Waals surface area contributed by atoms with Gasteiger partial charge in [-0.05, 0) is 25.2 Å². The Morgan fingerprint density at radius 3 is 0.803 bits per heavy atom.